The van der Waals surface area contributed by atoms with E-state index in [1.54, 1.807) is 12.1 Å². The molecule has 3 heteroatoms. The van der Waals surface area contributed by atoms with Crippen molar-refractivity contribution >= 4 is 5.91 Å². The Bertz CT molecular complexity index is 544. The lowest BCUT2D eigenvalue weighted by Gasteiger charge is -2.59. The highest BCUT2D eigenvalue weighted by atomic mass is 19.1. The van der Waals surface area contributed by atoms with Crippen molar-refractivity contribution in [2.45, 2.75) is 51.5 Å². The third-order valence-electron chi connectivity index (χ3n) is 6.46. The Morgan fingerprint density at radius 2 is 1.59 bits per heavy atom. The Balaban J connectivity index is 1.49. The zero-order chi connectivity index (χ0) is 15.3. The molecule has 22 heavy (non-hydrogen) atoms. The fourth-order valence-corrected chi connectivity index (χ4v) is 5.74. The number of halogens is 1. The summed E-state index contributed by atoms with van der Waals surface area (Å²) in [5, 5.41) is 3.21. The quantitative estimate of drug-likeness (QED) is 0.892. The first-order valence-electron chi connectivity index (χ1n) is 8.60. The summed E-state index contributed by atoms with van der Waals surface area (Å²) in [6.45, 7) is 2.18. The number of rotatable bonds is 3. The molecule has 4 bridgehead atoms. The summed E-state index contributed by atoms with van der Waals surface area (Å²) in [6.07, 6.45) is 8.09. The molecule has 118 valence electrons. The molecule has 0 heterocycles. The summed E-state index contributed by atoms with van der Waals surface area (Å²) in [6, 6.07) is 6.04. The topological polar surface area (TPSA) is 29.1 Å². The zero-order valence-corrected chi connectivity index (χ0v) is 13.1. The van der Waals surface area contributed by atoms with Gasteiger partial charge in [-0.2, -0.15) is 0 Å². The van der Waals surface area contributed by atoms with E-state index in [0.29, 0.717) is 11.0 Å². The molecule has 0 spiro atoms. The summed E-state index contributed by atoms with van der Waals surface area (Å²) >= 11 is 0. The third kappa shape index (κ3) is 2.35. The van der Waals surface area contributed by atoms with Gasteiger partial charge in [0.05, 0.1) is 0 Å². The molecule has 1 N–H and O–H groups in total. The minimum atomic E-state index is -0.300. The smallest absolute Gasteiger partial charge is 0.251 e. The van der Waals surface area contributed by atoms with Gasteiger partial charge in [-0.1, -0.05) is 0 Å². The van der Waals surface area contributed by atoms with E-state index >= 15 is 0 Å². The third-order valence-corrected chi connectivity index (χ3v) is 6.46. The van der Waals surface area contributed by atoms with Gasteiger partial charge in [-0.15, -0.1) is 0 Å². The molecular weight excluding hydrogens is 277 g/mol. The highest BCUT2D eigenvalue weighted by molar-refractivity contribution is 5.94. The van der Waals surface area contributed by atoms with Gasteiger partial charge >= 0.3 is 0 Å². The Morgan fingerprint density at radius 1 is 1.09 bits per heavy atom. The molecular formula is C19H24FNO. The molecule has 4 aliphatic carbocycles. The van der Waals surface area contributed by atoms with Crippen molar-refractivity contribution in [3.8, 4) is 0 Å². The fourth-order valence-electron chi connectivity index (χ4n) is 5.74. The lowest BCUT2D eigenvalue weighted by atomic mass is 9.48. The first kappa shape index (κ1) is 14.2. The van der Waals surface area contributed by atoms with Crippen molar-refractivity contribution < 1.29 is 9.18 Å². The minimum Gasteiger partial charge on any atom is -0.349 e. The van der Waals surface area contributed by atoms with E-state index < -0.39 is 0 Å². The predicted molar refractivity (Wildman–Crippen MR) is 83.9 cm³/mol. The van der Waals surface area contributed by atoms with E-state index in [9.17, 15) is 9.18 Å². The second-order valence-electron chi connectivity index (χ2n) is 7.98. The Kier molecular flexibility index (Phi) is 3.28. The number of hydrogen-bond acceptors (Lipinski definition) is 1. The van der Waals surface area contributed by atoms with Crippen LogP contribution in [-0.2, 0) is 0 Å². The van der Waals surface area contributed by atoms with Crippen LogP contribution in [-0.4, -0.2) is 11.9 Å². The van der Waals surface area contributed by atoms with Crippen LogP contribution in [0.15, 0.2) is 24.3 Å². The minimum absolute atomic E-state index is 0.0664. The molecule has 4 saturated carbocycles. The summed E-state index contributed by atoms with van der Waals surface area (Å²) < 4.78 is 13.0. The number of benzene rings is 1. The van der Waals surface area contributed by atoms with Gasteiger partial charge in [0.15, 0.2) is 0 Å². The number of hydrogen-bond donors (Lipinski definition) is 1. The zero-order valence-electron chi connectivity index (χ0n) is 13.1. The lowest BCUT2D eigenvalue weighted by Crippen LogP contribution is -2.55. The van der Waals surface area contributed by atoms with Gasteiger partial charge in [-0.25, -0.2) is 4.39 Å². The lowest BCUT2D eigenvalue weighted by molar-refractivity contribution is -0.0688. The van der Waals surface area contributed by atoms with Crippen LogP contribution in [0, 0.1) is 29.0 Å². The first-order valence-corrected chi connectivity index (χ1v) is 8.60. The monoisotopic (exact) mass is 301 g/mol. The molecule has 1 unspecified atom stereocenters. The summed E-state index contributed by atoms with van der Waals surface area (Å²) in [5.41, 5.74) is 0.864. The van der Waals surface area contributed by atoms with Crippen LogP contribution in [0.4, 0.5) is 4.39 Å². The largest absolute Gasteiger partial charge is 0.349 e. The highest BCUT2D eigenvalue weighted by Crippen LogP contribution is 2.61. The molecule has 0 aromatic heterocycles. The number of carbonyl (C=O) groups is 1. The van der Waals surface area contributed by atoms with Crippen LogP contribution in [0.3, 0.4) is 0 Å². The number of amides is 1. The van der Waals surface area contributed by atoms with Crippen molar-refractivity contribution in [2.24, 2.45) is 23.2 Å². The first-order chi connectivity index (χ1) is 10.5. The highest BCUT2D eigenvalue weighted by Gasteiger charge is 2.53. The van der Waals surface area contributed by atoms with Gasteiger partial charge in [0.25, 0.3) is 5.91 Å². The van der Waals surface area contributed by atoms with Gasteiger partial charge < -0.3 is 5.32 Å². The van der Waals surface area contributed by atoms with Crippen LogP contribution < -0.4 is 5.32 Å². The molecule has 1 aromatic rings. The van der Waals surface area contributed by atoms with Gasteiger partial charge in [0.2, 0.25) is 0 Å². The van der Waals surface area contributed by atoms with Gasteiger partial charge in [-0.05, 0) is 92.9 Å². The van der Waals surface area contributed by atoms with Crippen molar-refractivity contribution in [2.75, 3.05) is 0 Å². The van der Waals surface area contributed by atoms with Crippen molar-refractivity contribution in [3.05, 3.63) is 35.6 Å². The van der Waals surface area contributed by atoms with Crippen LogP contribution in [0.2, 0.25) is 0 Å². The standard InChI is InChI=1S/C19H24FNO/c1-12(21-18(22)16-2-4-17(20)5-3-16)19-9-13-6-14(10-19)8-15(7-13)11-19/h2-5,12-15H,6-11H2,1H3,(H,21,22). The Labute approximate surface area is 131 Å². The molecule has 0 saturated heterocycles. The van der Waals surface area contributed by atoms with E-state index in [1.165, 1.54) is 50.7 Å². The summed E-state index contributed by atoms with van der Waals surface area (Å²) in [4.78, 5) is 12.4. The molecule has 1 amide bonds. The molecule has 4 aliphatic rings. The van der Waals surface area contributed by atoms with Gasteiger partial charge in [-0.3, -0.25) is 4.79 Å². The number of carbonyl (C=O) groups excluding carboxylic acids is 1. The maximum absolute atomic E-state index is 13.0. The molecule has 0 radical (unpaired) electrons. The van der Waals surface area contributed by atoms with E-state index in [1.807, 2.05) is 0 Å². The van der Waals surface area contributed by atoms with Gasteiger partial charge in [0.1, 0.15) is 5.82 Å². The van der Waals surface area contributed by atoms with Crippen LogP contribution in [0.25, 0.3) is 0 Å². The molecule has 1 aromatic carbocycles. The second-order valence-corrected chi connectivity index (χ2v) is 7.98. The molecule has 4 fully saturated rings. The van der Waals surface area contributed by atoms with E-state index in [4.69, 9.17) is 0 Å². The summed E-state index contributed by atoms with van der Waals surface area (Å²) in [5.74, 6) is 2.29. The molecule has 0 aliphatic heterocycles. The predicted octanol–water partition coefficient (Wildman–Crippen LogP) is 4.16. The maximum atomic E-state index is 13.0. The number of nitrogens with one attached hydrogen (secondary N) is 1. The van der Waals surface area contributed by atoms with E-state index in [-0.39, 0.29) is 17.8 Å². The Hall–Kier alpha value is -1.38. The van der Waals surface area contributed by atoms with Crippen LogP contribution in [0.5, 0.6) is 0 Å². The molecule has 1 atom stereocenters. The van der Waals surface area contributed by atoms with Crippen molar-refractivity contribution in [1.82, 2.24) is 5.32 Å². The second kappa shape index (κ2) is 5.07. The van der Waals surface area contributed by atoms with E-state index in [2.05, 4.69) is 12.2 Å². The maximum Gasteiger partial charge on any atom is 0.251 e. The van der Waals surface area contributed by atoms with Crippen molar-refractivity contribution in [3.63, 3.8) is 0 Å². The average Bonchev–Trinajstić information content (AvgIpc) is 2.46. The van der Waals surface area contributed by atoms with Crippen LogP contribution in [0.1, 0.15) is 55.8 Å². The molecule has 2 nitrogen and oxygen atoms in total. The molecule has 5 rings (SSSR count). The van der Waals surface area contributed by atoms with Crippen LogP contribution >= 0.6 is 0 Å². The van der Waals surface area contributed by atoms with Gasteiger partial charge in [0, 0.05) is 11.6 Å². The SMILES string of the molecule is CC(NC(=O)c1ccc(F)cc1)C12CC3CC(CC(C3)C1)C2. The average molecular weight is 301 g/mol. The summed E-state index contributed by atoms with van der Waals surface area (Å²) in [7, 11) is 0. The Morgan fingerprint density at radius 3 is 2.09 bits per heavy atom. The van der Waals surface area contributed by atoms with Crippen molar-refractivity contribution in [1.29, 1.82) is 0 Å². The normalized spacial score (nSPS) is 37.1. The van der Waals surface area contributed by atoms with E-state index in [0.717, 1.165) is 17.8 Å². The fraction of sp³-hybridized carbons (Fsp3) is 0.632.